The molecule has 0 saturated carbocycles. The summed E-state index contributed by atoms with van der Waals surface area (Å²) in [6.07, 6.45) is 1.93. The molecule has 3 aromatic carbocycles. The van der Waals surface area contributed by atoms with Gasteiger partial charge in [-0.25, -0.2) is 0 Å². The average molecular weight is 497 g/mol. The van der Waals surface area contributed by atoms with E-state index in [4.69, 9.17) is 0 Å². The van der Waals surface area contributed by atoms with Gasteiger partial charge in [-0.15, -0.1) is 10.2 Å². The lowest BCUT2D eigenvalue weighted by molar-refractivity contribution is -0.113. The molecule has 0 radical (unpaired) electrons. The van der Waals surface area contributed by atoms with Gasteiger partial charge in [0.25, 0.3) is 5.91 Å². The van der Waals surface area contributed by atoms with Gasteiger partial charge in [0.15, 0.2) is 11.0 Å². The summed E-state index contributed by atoms with van der Waals surface area (Å²) in [4.78, 5) is 29.6. The minimum atomic E-state index is -0.178. The Morgan fingerprint density at radius 1 is 0.944 bits per heavy atom. The first-order chi connectivity index (χ1) is 17.5. The van der Waals surface area contributed by atoms with Crippen LogP contribution in [0.4, 0.5) is 5.69 Å². The molecule has 0 saturated heterocycles. The second-order valence-corrected chi connectivity index (χ2v) is 9.28. The number of thioether (sulfide) groups is 1. The van der Waals surface area contributed by atoms with Gasteiger partial charge in [-0.2, -0.15) is 0 Å². The maximum absolute atomic E-state index is 12.7. The fourth-order valence-corrected chi connectivity index (χ4v) is 4.64. The number of aromatic amines is 1. The molecule has 2 heterocycles. The van der Waals surface area contributed by atoms with Crippen LogP contribution in [0.5, 0.6) is 0 Å². The zero-order chi connectivity index (χ0) is 25.1. The van der Waals surface area contributed by atoms with E-state index < -0.39 is 0 Å². The molecular formula is C27H24N6O2S. The first kappa shape index (κ1) is 23.4. The van der Waals surface area contributed by atoms with E-state index in [0.717, 1.165) is 22.2 Å². The number of carbonyl (C=O) groups excluding carboxylic acids is 2. The maximum Gasteiger partial charge on any atom is 0.253 e. The summed E-state index contributed by atoms with van der Waals surface area (Å²) in [5.74, 6) is 0.581. The van der Waals surface area contributed by atoms with E-state index in [1.807, 2.05) is 65.4 Å². The minimum absolute atomic E-state index is 0.0883. The van der Waals surface area contributed by atoms with Crippen LogP contribution in [0.15, 0.2) is 90.2 Å². The molecule has 0 aliphatic rings. The molecule has 9 heteroatoms. The number of amides is 2. The Labute approximate surface area is 212 Å². The molecule has 2 N–H and O–H groups in total. The van der Waals surface area contributed by atoms with Crippen LogP contribution >= 0.6 is 11.8 Å². The molecule has 0 aliphatic carbocycles. The van der Waals surface area contributed by atoms with Crippen LogP contribution in [0.2, 0.25) is 0 Å². The number of H-pyrrole nitrogens is 1. The van der Waals surface area contributed by atoms with Crippen LogP contribution in [0, 0.1) is 0 Å². The van der Waals surface area contributed by atoms with Crippen molar-refractivity contribution in [3.63, 3.8) is 0 Å². The largest absolute Gasteiger partial charge is 0.360 e. The van der Waals surface area contributed by atoms with Crippen LogP contribution in [-0.2, 0) is 4.79 Å². The van der Waals surface area contributed by atoms with Crippen molar-refractivity contribution in [2.24, 2.45) is 0 Å². The molecule has 0 spiro atoms. The van der Waals surface area contributed by atoms with Crippen molar-refractivity contribution in [1.29, 1.82) is 0 Å². The fourth-order valence-electron chi connectivity index (χ4n) is 3.89. The van der Waals surface area contributed by atoms with Gasteiger partial charge in [-0.3, -0.25) is 14.2 Å². The van der Waals surface area contributed by atoms with Crippen molar-refractivity contribution in [1.82, 2.24) is 24.6 Å². The Kier molecular flexibility index (Phi) is 6.55. The normalized spacial score (nSPS) is 10.9. The fraction of sp³-hybridized carbons (Fsp3) is 0.111. The number of nitrogens with zero attached hydrogens (tertiary/aromatic N) is 4. The summed E-state index contributed by atoms with van der Waals surface area (Å²) in [7, 11) is 3.40. The summed E-state index contributed by atoms with van der Waals surface area (Å²) >= 11 is 1.31. The van der Waals surface area contributed by atoms with E-state index in [1.54, 1.807) is 38.4 Å². The minimum Gasteiger partial charge on any atom is -0.360 e. The standard InChI is InChI=1S/C27H24N6O2S/c1-32(2)26(35)18-12-14-19(15-13-18)29-24(34)17-36-27-31-30-25(33(27)20-8-4-3-5-9-20)22-16-28-23-11-7-6-10-21(22)23/h3-16,28H,17H2,1-2H3,(H,29,34). The van der Waals surface area contributed by atoms with Gasteiger partial charge in [-0.05, 0) is 42.5 Å². The predicted octanol–water partition coefficient (Wildman–Crippen LogP) is 4.85. The second-order valence-electron chi connectivity index (χ2n) is 8.34. The molecule has 2 aromatic heterocycles. The molecule has 0 unspecified atom stereocenters. The highest BCUT2D eigenvalue weighted by atomic mass is 32.2. The summed E-state index contributed by atoms with van der Waals surface area (Å²) in [5.41, 5.74) is 4.05. The Balaban J connectivity index is 1.37. The molecule has 0 atom stereocenters. The monoisotopic (exact) mass is 496 g/mol. The molecule has 8 nitrogen and oxygen atoms in total. The van der Waals surface area contributed by atoms with E-state index in [0.29, 0.717) is 22.2 Å². The summed E-state index contributed by atoms with van der Waals surface area (Å²) in [6.45, 7) is 0. The lowest BCUT2D eigenvalue weighted by Crippen LogP contribution is -2.21. The van der Waals surface area contributed by atoms with Crippen LogP contribution < -0.4 is 5.32 Å². The first-order valence-electron chi connectivity index (χ1n) is 11.3. The number of para-hydroxylation sites is 2. The second kappa shape index (κ2) is 10.1. The third kappa shape index (κ3) is 4.73. The smallest absolute Gasteiger partial charge is 0.253 e. The topological polar surface area (TPSA) is 95.9 Å². The molecular weight excluding hydrogens is 472 g/mol. The number of hydrogen-bond donors (Lipinski definition) is 2. The molecule has 0 aliphatic heterocycles. The lowest BCUT2D eigenvalue weighted by Gasteiger charge is -2.11. The van der Waals surface area contributed by atoms with Gasteiger partial charge >= 0.3 is 0 Å². The Hall–Kier alpha value is -4.37. The van der Waals surface area contributed by atoms with Gasteiger partial charge in [-0.1, -0.05) is 48.2 Å². The van der Waals surface area contributed by atoms with E-state index in [2.05, 4.69) is 20.5 Å². The highest BCUT2D eigenvalue weighted by molar-refractivity contribution is 7.99. The molecule has 0 bridgehead atoms. The zero-order valence-corrected chi connectivity index (χ0v) is 20.6. The van der Waals surface area contributed by atoms with E-state index in [1.165, 1.54) is 16.7 Å². The summed E-state index contributed by atoms with van der Waals surface area (Å²) in [5, 5.41) is 13.5. The van der Waals surface area contributed by atoms with Crippen LogP contribution in [0.25, 0.3) is 28.0 Å². The molecule has 180 valence electrons. The Morgan fingerprint density at radius 2 is 1.67 bits per heavy atom. The van der Waals surface area contributed by atoms with Crippen molar-refractivity contribution in [3.8, 4) is 17.1 Å². The number of rotatable bonds is 7. The van der Waals surface area contributed by atoms with Gasteiger partial charge in [0, 0.05) is 53.7 Å². The molecule has 5 rings (SSSR count). The SMILES string of the molecule is CN(C)C(=O)c1ccc(NC(=O)CSc2nnc(-c3c[nH]c4ccccc34)n2-c2ccccc2)cc1. The molecule has 5 aromatic rings. The highest BCUT2D eigenvalue weighted by Gasteiger charge is 2.19. The van der Waals surface area contributed by atoms with E-state index in [9.17, 15) is 9.59 Å². The van der Waals surface area contributed by atoms with Crippen molar-refractivity contribution in [2.75, 3.05) is 25.2 Å². The average Bonchev–Trinajstić information content (AvgIpc) is 3.52. The van der Waals surface area contributed by atoms with Gasteiger partial charge in [0.05, 0.1) is 5.75 Å². The van der Waals surface area contributed by atoms with Crippen molar-refractivity contribution >= 4 is 40.2 Å². The van der Waals surface area contributed by atoms with Crippen molar-refractivity contribution < 1.29 is 9.59 Å². The quantitative estimate of drug-likeness (QED) is 0.314. The van der Waals surface area contributed by atoms with Crippen LogP contribution in [0.1, 0.15) is 10.4 Å². The number of anilines is 1. The van der Waals surface area contributed by atoms with E-state index >= 15 is 0 Å². The maximum atomic E-state index is 12.7. The molecule has 2 amide bonds. The number of hydrogen-bond acceptors (Lipinski definition) is 5. The molecule has 36 heavy (non-hydrogen) atoms. The number of aromatic nitrogens is 4. The van der Waals surface area contributed by atoms with E-state index in [-0.39, 0.29) is 17.6 Å². The van der Waals surface area contributed by atoms with Gasteiger partial charge < -0.3 is 15.2 Å². The Morgan fingerprint density at radius 3 is 2.42 bits per heavy atom. The first-order valence-corrected chi connectivity index (χ1v) is 12.3. The van der Waals surface area contributed by atoms with Gasteiger partial charge in [0.2, 0.25) is 5.91 Å². The Bertz CT molecular complexity index is 1520. The number of nitrogens with one attached hydrogen (secondary N) is 2. The summed E-state index contributed by atoms with van der Waals surface area (Å²) < 4.78 is 1.97. The van der Waals surface area contributed by atoms with Crippen LogP contribution in [0.3, 0.4) is 0 Å². The number of benzene rings is 3. The third-order valence-corrected chi connectivity index (χ3v) is 6.56. The van der Waals surface area contributed by atoms with Gasteiger partial charge in [0.1, 0.15) is 0 Å². The van der Waals surface area contributed by atoms with Crippen LogP contribution in [-0.4, -0.2) is 56.3 Å². The van der Waals surface area contributed by atoms with Crippen molar-refractivity contribution in [3.05, 3.63) is 90.6 Å². The van der Waals surface area contributed by atoms with Crippen molar-refractivity contribution in [2.45, 2.75) is 5.16 Å². The number of fused-ring (bicyclic) bond motifs is 1. The number of carbonyl (C=O) groups is 2. The third-order valence-electron chi connectivity index (χ3n) is 5.63. The highest BCUT2D eigenvalue weighted by Crippen LogP contribution is 2.32. The summed E-state index contributed by atoms with van der Waals surface area (Å²) in [6, 6.07) is 24.7. The predicted molar refractivity (Wildman–Crippen MR) is 142 cm³/mol. The zero-order valence-electron chi connectivity index (χ0n) is 19.8. The lowest BCUT2D eigenvalue weighted by atomic mass is 10.1. The molecule has 0 fully saturated rings.